The van der Waals surface area contributed by atoms with Gasteiger partial charge in [-0.05, 0) is 62.7 Å². The summed E-state index contributed by atoms with van der Waals surface area (Å²) in [5.41, 5.74) is 5.44. The number of ether oxygens (including phenoxy) is 1. The van der Waals surface area contributed by atoms with Crippen LogP contribution in [0.2, 0.25) is 0 Å². The predicted octanol–water partition coefficient (Wildman–Crippen LogP) is 6.17. The van der Waals surface area contributed by atoms with Gasteiger partial charge in [-0.2, -0.15) is 0 Å². The molecule has 0 saturated carbocycles. The second kappa shape index (κ2) is 10.5. The highest BCUT2D eigenvalue weighted by Crippen LogP contribution is 2.42. The molecule has 0 saturated heterocycles. The molecule has 38 heavy (non-hydrogen) atoms. The van der Waals surface area contributed by atoms with Crippen LogP contribution in [0.5, 0.6) is 5.75 Å². The molecule has 3 aromatic carbocycles. The van der Waals surface area contributed by atoms with Gasteiger partial charge in [0.2, 0.25) is 5.91 Å². The van der Waals surface area contributed by atoms with Gasteiger partial charge in [0, 0.05) is 12.2 Å². The second-order valence-electron chi connectivity index (χ2n) is 9.72. The summed E-state index contributed by atoms with van der Waals surface area (Å²) < 4.78 is 7.53. The number of urea groups is 1. The van der Waals surface area contributed by atoms with Crippen LogP contribution in [0.25, 0.3) is 5.69 Å². The summed E-state index contributed by atoms with van der Waals surface area (Å²) in [6.07, 6.45) is 2.03. The smallest absolute Gasteiger partial charge is 0.322 e. The number of anilines is 2. The Kier molecular flexibility index (Phi) is 6.92. The molecular formula is C31H32N4O3. The third kappa shape index (κ3) is 4.63. The van der Waals surface area contributed by atoms with E-state index >= 15 is 0 Å². The van der Waals surface area contributed by atoms with Crippen molar-refractivity contribution < 1.29 is 14.3 Å². The van der Waals surface area contributed by atoms with Gasteiger partial charge in [-0.1, -0.05) is 54.1 Å². The number of nitrogens with one attached hydrogen (secondary N) is 1. The minimum absolute atomic E-state index is 0.0872. The third-order valence-electron chi connectivity index (χ3n) is 6.92. The summed E-state index contributed by atoms with van der Waals surface area (Å²) in [6, 6.07) is 26.5. The lowest BCUT2D eigenvalue weighted by atomic mass is 9.97. The van der Waals surface area contributed by atoms with Gasteiger partial charge in [-0.3, -0.25) is 9.69 Å². The third-order valence-corrected chi connectivity index (χ3v) is 6.92. The van der Waals surface area contributed by atoms with Crippen molar-refractivity contribution in [1.29, 1.82) is 0 Å². The maximum atomic E-state index is 14.2. The van der Waals surface area contributed by atoms with Crippen molar-refractivity contribution >= 4 is 23.3 Å². The van der Waals surface area contributed by atoms with Crippen molar-refractivity contribution in [3.8, 4) is 11.4 Å². The van der Waals surface area contributed by atoms with E-state index in [1.807, 2.05) is 74.3 Å². The number of hydrogen-bond acceptors (Lipinski definition) is 3. The number of aromatic nitrogens is 1. The van der Waals surface area contributed by atoms with E-state index in [-0.39, 0.29) is 30.6 Å². The SMILES string of the molecule is COc1ccccc1NC(=O)N(CC(=O)N1c2ccccc2-n2cccc2C1c1ccc(C)cc1)C(C)C. The predicted molar refractivity (Wildman–Crippen MR) is 150 cm³/mol. The molecule has 5 rings (SSSR count). The molecule has 3 amide bonds. The molecule has 0 aliphatic carbocycles. The van der Waals surface area contributed by atoms with Crippen LogP contribution in [0, 0.1) is 6.92 Å². The van der Waals surface area contributed by atoms with E-state index in [9.17, 15) is 9.59 Å². The fourth-order valence-corrected chi connectivity index (χ4v) is 4.97. The van der Waals surface area contributed by atoms with Gasteiger partial charge in [-0.25, -0.2) is 4.79 Å². The molecule has 1 atom stereocenters. The Bertz CT molecular complexity index is 1460. The molecule has 2 heterocycles. The van der Waals surface area contributed by atoms with Crippen LogP contribution in [-0.2, 0) is 4.79 Å². The van der Waals surface area contributed by atoms with Crippen LogP contribution in [0.3, 0.4) is 0 Å². The maximum Gasteiger partial charge on any atom is 0.322 e. The Morgan fingerprint density at radius 1 is 0.921 bits per heavy atom. The molecule has 0 bridgehead atoms. The van der Waals surface area contributed by atoms with E-state index in [4.69, 9.17) is 4.74 Å². The van der Waals surface area contributed by atoms with Crippen LogP contribution in [-0.4, -0.2) is 41.1 Å². The first-order chi connectivity index (χ1) is 18.4. The van der Waals surface area contributed by atoms with Crippen LogP contribution in [0.15, 0.2) is 91.1 Å². The molecule has 1 aliphatic heterocycles. The Labute approximate surface area is 223 Å². The monoisotopic (exact) mass is 508 g/mol. The molecule has 1 N–H and O–H groups in total. The summed E-state index contributed by atoms with van der Waals surface area (Å²) in [4.78, 5) is 31.0. The zero-order valence-corrected chi connectivity index (χ0v) is 22.1. The molecule has 4 aromatic rings. The average Bonchev–Trinajstić information content (AvgIpc) is 3.41. The van der Waals surface area contributed by atoms with Gasteiger partial charge >= 0.3 is 6.03 Å². The molecule has 1 aromatic heterocycles. The largest absolute Gasteiger partial charge is 0.495 e. The summed E-state index contributed by atoms with van der Waals surface area (Å²) in [5, 5.41) is 2.92. The molecule has 1 aliphatic rings. The van der Waals surface area contributed by atoms with Crippen LogP contribution >= 0.6 is 0 Å². The number of carbonyl (C=O) groups is 2. The normalized spacial score (nSPS) is 14.0. The first-order valence-corrected chi connectivity index (χ1v) is 12.7. The average molecular weight is 509 g/mol. The summed E-state index contributed by atoms with van der Waals surface area (Å²) >= 11 is 0. The molecule has 7 heteroatoms. The molecule has 1 unspecified atom stereocenters. The number of nitrogens with zero attached hydrogens (tertiary/aromatic N) is 3. The van der Waals surface area contributed by atoms with Gasteiger partial charge in [0.05, 0.1) is 29.9 Å². The van der Waals surface area contributed by atoms with E-state index < -0.39 is 0 Å². The summed E-state index contributed by atoms with van der Waals surface area (Å²) in [5.74, 6) is 0.389. The summed E-state index contributed by atoms with van der Waals surface area (Å²) in [7, 11) is 1.56. The minimum atomic E-state index is -0.363. The maximum absolute atomic E-state index is 14.2. The fourth-order valence-electron chi connectivity index (χ4n) is 4.97. The van der Waals surface area contributed by atoms with E-state index in [0.29, 0.717) is 11.4 Å². The van der Waals surface area contributed by atoms with E-state index in [1.165, 1.54) is 0 Å². The van der Waals surface area contributed by atoms with Gasteiger partial charge in [0.25, 0.3) is 0 Å². The lowest BCUT2D eigenvalue weighted by Crippen LogP contribution is -2.49. The van der Waals surface area contributed by atoms with Crippen molar-refractivity contribution in [2.75, 3.05) is 23.9 Å². The van der Waals surface area contributed by atoms with Gasteiger partial charge in [0.1, 0.15) is 18.3 Å². The molecule has 194 valence electrons. The Morgan fingerprint density at radius 2 is 1.61 bits per heavy atom. The fraction of sp³-hybridized carbons (Fsp3) is 0.226. The topological polar surface area (TPSA) is 66.8 Å². The number of fused-ring (bicyclic) bond motifs is 3. The molecule has 7 nitrogen and oxygen atoms in total. The number of carbonyl (C=O) groups excluding carboxylic acids is 2. The van der Waals surface area contributed by atoms with Gasteiger partial charge < -0.3 is 19.5 Å². The number of hydrogen-bond donors (Lipinski definition) is 1. The first kappa shape index (κ1) is 25.1. The molecular weight excluding hydrogens is 476 g/mol. The Balaban J connectivity index is 1.51. The Hall–Kier alpha value is -4.52. The number of aryl methyl sites for hydroxylation is 1. The zero-order chi connectivity index (χ0) is 26.8. The standard InChI is InChI=1S/C31H32N4O3/c1-21(2)34(31(37)32-24-10-5-8-14-28(24)38-4)20-29(36)35-26-12-7-6-11-25(26)33-19-9-13-27(33)30(35)23-17-15-22(3)16-18-23/h5-19,21,30H,20H2,1-4H3,(H,32,37). The minimum Gasteiger partial charge on any atom is -0.495 e. The highest BCUT2D eigenvalue weighted by Gasteiger charge is 2.37. The Morgan fingerprint density at radius 3 is 2.32 bits per heavy atom. The summed E-state index contributed by atoms with van der Waals surface area (Å²) in [6.45, 7) is 5.77. The number of benzene rings is 3. The van der Waals surface area contributed by atoms with E-state index in [1.54, 1.807) is 24.1 Å². The number of methoxy groups -OCH3 is 1. The number of rotatable bonds is 6. The molecule has 0 spiro atoms. The van der Waals surface area contributed by atoms with Crippen LogP contribution < -0.4 is 15.0 Å². The van der Waals surface area contributed by atoms with Crippen LogP contribution in [0.1, 0.15) is 36.7 Å². The lowest BCUT2D eigenvalue weighted by Gasteiger charge is -2.40. The van der Waals surface area contributed by atoms with Crippen molar-refractivity contribution in [3.05, 3.63) is 108 Å². The first-order valence-electron chi connectivity index (χ1n) is 12.7. The molecule has 0 radical (unpaired) electrons. The van der Waals surface area contributed by atoms with Crippen molar-refractivity contribution in [3.63, 3.8) is 0 Å². The molecule has 0 fully saturated rings. The van der Waals surface area contributed by atoms with Crippen molar-refractivity contribution in [2.24, 2.45) is 0 Å². The van der Waals surface area contributed by atoms with Gasteiger partial charge in [0.15, 0.2) is 0 Å². The van der Waals surface area contributed by atoms with Crippen molar-refractivity contribution in [1.82, 2.24) is 9.47 Å². The number of para-hydroxylation sites is 4. The number of amides is 3. The lowest BCUT2D eigenvalue weighted by molar-refractivity contribution is -0.119. The van der Waals surface area contributed by atoms with Gasteiger partial charge in [-0.15, -0.1) is 0 Å². The van der Waals surface area contributed by atoms with E-state index in [2.05, 4.69) is 40.2 Å². The van der Waals surface area contributed by atoms with Crippen molar-refractivity contribution in [2.45, 2.75) is 32.9 Å². The quantitative estimate of drug-likeness (QED) is 0.339. The second-order valence-corrected chi connectivity index (χ2v) is 9.72. The highest BCUT2D eigenvalue weighted by molar-refractivity contribution is 6.01. The van der Waals surface area contributed by atoms with E-state index in [0.717, 1.165) is 28.2 Å². The zero-order valence-electron chi connectivity index (χ0n) is 22.1. The highest BCUT2D eigenvalue weighted by atomic mass is 16.5. The van der Waals surface area contributed by atoms with Crippen LogP contribution in [0.4, 0.5) is 16.2 Å².